The van der Waals surface area contributed by atoms with Gasteiger partial charge in [-0.3, -0.25) is 0 Å². The first-order valence-corrected chi connectivity index (χ1v) is 10.6. The van der Waals surface area contributed by atoms with Crippen LogP contribution in [0.25, 0.3) is 0 Å². The zero-order valence-electron chi connectivity index (χ0n) is 14.8. The van der Waals surface area contributed by atoms with E-state index in [0.29, 0.717) is 6.16 Å². The summed E-state index contributed by atoms with van der Waals surface area (Å²) < 4.78 is 5.34. The molecule has 1 unspecified atom stereocenters. The van der Waals surface area contributed by atoms with E-state index in [0.717, 1.165) is 0 Å². The third-order valence-corrected chi connectivity index (χ3v) is 9.04. The fourth-order valence-corrected chi connectivity index (χ4v) is 7.85. The number of hydrogen-bond donors (Lipinski definition) is 1. The molecule has 3 rings (SSSR count). The molecular formula is C22H23NO2P+. The molecule has 132 valence electrons. The van der Waals surface area contributed by atoms with Gasteiger partial charge < -0.3 is 10.5 Å². The van der Waals surface area contributed by atoms with Crippen LogP contribution in [0.2, 0.25) is 0 Å². The average molecular weight is 364 g/mol. The molecule has 0 aromatic heterocycles. The second-order valence-corrected chi connectivity index (χ2v) is 9.78. The SMILES string of the molecule is CC(C[P+](c1ccccc1)(c1ccccc1)c1ccccc1)OC(N)=O. The van der Waals surface area contributed by atoms with Crippen LogP contribution in [-0.2, 0) is 4.74 Å². The predicted octanol–water partition coefficient (Wildman–Crippen LogP) is 3.46. The summed E-state index contributed by atoms with van der Waals surface area (Å²) in [6.45, 7) is 1.91. The van der Waals surface area contributed by atoms with E-state index in [-0.39, 0.29) is 6.10 Å². The smallest absolute Gasteiger partial charge is 0.404 e. The Labute approximate surface area is 155 Å². The van der Waals surface area contributed by atoms with Gasteiger partial charge in [0.25, 0.3) is 0 Å². The third kappa shape index (κ3) is 3.79. The summed E-state index contributed by atoms with van der Waals surface area (Å²) in [4.78, 5) is 11.3. The van der Waals surface area contributed by atoms with Crippen LogP contribution in [0.3, 0.4) is 0 Å². The Morgan fingerprint density at radius 2 is 1.15 bits per heavy atom. The molecule has 0 saturated heterocycles. The van der Waals surface area contributed by atoms with Crippen molar-refractivity contribution in [3.63, 3.8) is 0 Å². The van der Waals surface area contributed by atoms with Gasteiger partial charge >= 0.3 is 6.09 Å². The Hall–Kier alpha value is -2.64. The highest BCUT2D eigenvalue weighted by atomic mass is 31.2. The highest BCUT2D eigenvalue weighted by Crippen LogP contribution is 2.55. The van der Waals surface area contributed by atoms with E-state index in [1.54, 1.807) is 0 Å². The number of carbonyl (C=O) groups excluding carboxylic acids is 1. The maximum atomic E-state index is 11.3. The molecule has 0 radical (unpaired) electrons. The van der Waals surface area contributed by atoms with Gasteiger partial charge in [-0.05, 0) is 43.3 Å². The quantitative estimate of drug-likeness (QED) is 0.681. The molecule has 26 heavy (non-hydrogen) atoms. The molecule has 1 atom stereocenters. The van der Waals surface area contributed by atoms with E-state index in [9.17, 15) is 4.79 Å². The molecule has 0 aliphatic heterocycles. The fraction of sp³-hybridized carbons (Fsp3) is 0.136. The van der Waals surface area contributed by atoms with Crippen molar-refractivity contribution in [2.45, 2.75) is 13.0 Å². The van der Waals surface area contributed by atoms with E-state index in [1.165, 1.54) is 15.9 Å². The molecule has 3 aromatic rings. The maximum absolute atomic E-state index is 11.3. The van der Waals surface area contributed by atoms with E-state index in [4.69, 9.17) is 10.5 Å². The molecule has 0 aliphatic carbocycles. The lowest BCUT2D eigenvalue weighted by Crippen LogP contribution is -2.38. The molecule has 0 heterocycles. The predicted molar refractivity (Wildman–Crippen MR) is 110 cm³/mol. The molecule has 0 bridgehead atoms. The second-order valence-electron chi connectivity index (χ2n) is 6.25. The highest BCUT2D eigenvalue weighted by Gasteiger charge is 2.46. The lowest BCUT2D eigenvalue weighted by molar-refractivity contribution is 0.127. The zero-order chi connectivity index (χ0) is 18.4. The van der Waals surface area contributed by atoms with Gasteiger partial charge in [-0.15, -0.1) is 0 Å². The number of amides is 1. The van der Waals surface area contributed by atoms with Gasteiger partial charge in [0.15, 0.2) is 0 Å². The van der Waals surface area contributed by atoms with Crippen LogP contribution in [0.4, 0.5) is 4.79 Å². The van der Waals surface area contributed by atoms with Crippen LogP contribution in [0.15, 0.2) is 91.0 Å². The van der Waals surface area contributed by atoms with Crippen LogP contribution in [0.1, 0.15) is 6.92 Å². The van der Waals surface area contributed by atoms with Crippen LogP contribution >= 0.6 is 7.26 Å². The number of hydrogen-bond acceptors (Lipinski definition) is 2. The molecule has 2 N–H and O–H groups in total. The Morgan fingerprint density at radius 1 is 0.808 bits per heavy atom. The van der Waals surface area contributed by atoms with Gasteiger partial charge in [-0.2, -0.15) is 0 Å². The molecule has 0 aliphatic rings. The number of ether oxygens (including phenoxy) is 1. The fourth-order valence-electron chi connectivity index (χ4n) is 3.43. The van der Waals surface area contributed by atoms with Crippen molar-refractivity contribution in [2.75, 3.05) is 6.16 Å². The Morgan fingerprint density at radius 3 is 1.46 bits per heavy atom. The maximum Gasteiger partial charge on any atom is 0.404 e. The zero-order valence-corrected chi connectivity index (χ0v) is 15.7. The van der Waals surface area contributed by atoms with E-state index >= 15 is 0 Å². The number of primary amides is 1. The summed E-state index contributed by atoms with van der Waals surface area (Å²) in [5, 5.41) is 3.78. The number of rotatable bonds is 6. The minimum absolute atomic E-state index is 0.290. The molecule has 1 amide bonds. The monoisotopic (exact) mass is 364 g/mol. The summed E-state index contributed by atoms with van der Waals surface area (Å²) in [6, 6.07) is 31.5. The summed E-state index contributed by atoms with van der Waals surface area (Å²) in [6.07, 6.45) is -0.320. The molecular weight excluding hydrogens is 341 g/mol. The molecule has 0 fully saturated rings. The number of nitrogens with two attached hydrogens (primary N) is 1. The van der Waals surface area contributed by atoms with Gasteiger partial charge in [-0.1, -0.05) is 54.6 Å². The topological polar surface area (TPSA) is 52.3 Å². The third-order valence-electron chi connectivity index (χ3n) is 4.44. The first-order chi connectivity index (χ1) is 12.6. The normalized spacial score (nSPS) is 12.3. The average Bonchev–Trinajstić information content (AvgIpc) is 2.67. The summed E-state index contributed by atoms with van der Waals surface area (Å²) in [5.41, 5.74) is 5.28. The highest BCUT2D eigenvalue weighted by molar-refractivity contribution is 7.95. The summed E-state index contributed by atoms with van der Waals surface area (Å²) in [7, 11) is -2.00. The first kappa shape index (κ1) is 18.2. The standard InChI is InChI=1S/C22H22NO2P/c1-18(25-22(23)24)17-26(19-11-5-2-6-12-19,20-13-7-3-8-14-20)21-15-9-4-10-16-21/h2-16,18H,17H2,1H3,(H-,23,24)/p+1. The van der Waals surface area contributed by atoms with Crippen LogP contribution in [0.5, 0.6) is 0 Å². The summed E-state index contributed by atoms with van der Waals surface area (Å²) >= 11 is 0. The van der Waals surface area contributed by atoms with Crippen molar-refractivity contribution in [2.24, 2.45) is 5.73 Å². The molecule has 3 nitrogen and oxygen atoms in total. The Kier molecular flexibility index (Phi) is 5.70. The van der Waals surface area contributed by atoms with E-state index in [1.807, 2.05) is 25.1 Å². The number of carbonyl (C=O) groups is 1. The first-order valence-electron chi connectivity index (χ1n) is 8.64. The van der Waals surface area contributed by atoms with Crippen molar-refractivity contribution in [3.05, 3.63) is 91.0 Å². The minimum atomic E-state index is -2.00. The van der Waals surface area contributed by atoms with Gasteiger partial charge in [-0.25, -0.2) is 4.79 Å². The Bertz CT molecular complexity index is 741. The van der Waals surface area contributed by atoms with Gasteiger partial charge in [0.05, 0.1) is 0 Å². The summed E-state index contributed by atoms with van der Waals surface area (Å²) in [5.74, 6) is 0. The lowest BCUT2D eigenvalue weighted by Gasteiger charge is -2.29. The molecule has 0 spiro atoms. The van der Waals surface area contributed by atoms with E-state index < -0.39 is 13.4 Å². The van der Waals surface area contributed by atoms with Crippen molar-refractivity contribution >= 4 is 29.3 Å². The molecule has 3 aromatic carbocycles. The second kappa shape index (κ2) is 8.16. The van der Waals surface area contributed by atoms with Crippen molar-refractivity contribution < 1.29 is 9.53 Å². The van der Waals surface area contributed by atoms with E-state index in [2.05, 4.69) is 72.8 Å². The molecule has 4 heteroatoms. The van der Waals surface area contributed by atoms with Crippen molar-refractivity contribution in [3.8, 4) is 0 Å². The van der Waals surface area contributed by atoms with Crippen LogP contribution in [0, 0.1) is 0 Å². The van der Waals surface area contributed by atoms with Gasteiger partial charge in [0.2, 0.25) is 0 Å². The minimum Gasteiger partial charge on any atom is -0.443 e. The van der Waals surface area contributed by atoms with Crippen molar-refractivity contribution in [1.82, 2.24) is 0 Å². The van der Waals surface area contributed by atoms with Gasteiger partial charge in [0.1, 0.15) is 35.4 Å². The lowest BCUT2D eigenvalue weighted by atomic mass is 10.3. The molecule has 0 saturated carbocycles. The van der Waals surface area contributed by atoms with Crippen molar-refractivity contribution in [1.29, 1.82) is 0 Å². The largest absolute Gasteiger partial charge is 0.443 e. The number of benzene rings is 3. The Balaban J connectivity index is 2.23. The van der Waals surface area contributed by atoms with Crippen LogP contribution in [-0.4, -0.2) is 18.4 Å². The van der Waals surface area contributed by atoms with Gasteiger partial charge in [0, 0.05) is 0 Å². The van der Waals surface area contributed by atoms with Crippen LogP contribution < -0.4 is 21.6 Å².